The molecule has 2 amide bonds. The number of furan rings is 1. The van der Waals surface area contributed by atoms with Crippen molar-refractivity contribution in [1.29, 1.82) is 0 Å². The molecule has 0 radical (unpaired) electrons. The van der Waals surface area contributed by atoms with Crippen LogP contribution in [0.4, 0.5) is 0 Å². The van der Waals surface area contributed by atoms with Gasteiger partial charge in [-0.05, 0) is 55.8 Å². The van der Waals surface area contributed by atoms with E-state index in [0.717, 1.165) is 36.5 Å². The third-order valence-electron chi connectivity index (χ3n) is 8.13. The molecule has 4 heterocycles. The summed E-state index contributed by atoms with van der Waals surface area (Å²) in [7, 11) is -3.71. The first-order chi connectivity index (χ1) is 17.2. The van der Waals surface area contributed by atoms with Crippen LogP contribution >= 0.6 is 12.4 Å². The number of likely N-dealkylation sites (tertiary alicyclic amines) is 2. The first-order valence-corrected chi connectivity index (χ1v) is 14.7. The summed E-state index contributed by atoms with van der Waals surface area (Å²) in [6, 6.07) is 11.3. The van der Waals surface area contributed by atoms with Crippen molar-refractivity contribution >= 4 is 34.2 Å². The van der Waals surface area contributed by atoms with Gasteiger partial charge < -0.3 is 9.32 Å². The third-order valence-corrected chi connectivity index (χ3v) is 9.29. The summed E-state index contributed by atoms with van der Waals surface area (Å²) in [6.45, 7) is 6.65. The number of halogens is 1. The Hall–Kier alpha value is -2.36. The second-order valence-corrected chi connectivity index (χ2v) is 12.6. The molecule has 5 rings (SSSR count). The van der Waals surface area contributed by atoms with Crippen LogP contribution in [0.2, 0.25) is 0 Å². The smallest absolute Gasteiger partial charge is 0.257 e. The van der Waals surface area contributed by atoms with Crippen LogP contribution in [0.1, 0.15) is 60.7 Å². The van der Waals surface area contributed by atoms with E-state index in [1.54, 1.807) is 17.2 Å². The molecular weight excluding hydrogens is 514 g/mol. The van der Waals surface area contributed by atoms with Gasteiger partial charge in [-0.2, -0.15) is 0 Å². The molecule has 3 aliphatic rings. The predicted molar refractivity (Wildman–Crippen MR) is 143 cm³/mol. The first kappa shape index (κ1) is 27.7. The van der Waals surface area contributed by atoms with Gasteiger partial charge in [0.15, 0.2) is 0 Å². The van der Waals surface area contributed by atoms with Gasteiger partial charge in [-0.1, -0.05) is 44.2 Å². The largest absolute Gasteiger partial charge is 0.467 e. The van der Waals surface area contributed by atoms with Crippen molar-refractivity contribution in [2.75, 3.05) is 25.9 Å². The summed E-state index contributed by atoms with van der Waals surface area (Å²) in [5, 5.41) is 0. The highest BCUT2D eigenvalue weighted by Gasteiger charge is 2.58. The van der Waals surface area contributed by atoms with Crippen molar-refractivity contribution in [2.24, 2.45) is 11.8 Å². The molecule has 0 spiro atoms. The van der Waals surface area contributed by atoms with E-state index >= 15 is 0 Å². The Morgan fingerprint density at radius 3 is 2.35 bits per heavy atom. The number of nitrogens with zero attached hydrogens (tertiary/aromatic N) is 3. The standard InChI is InChI=1S/C27H35N3O5S.ClH/c1-18(2)24-25-22(30(27(24)32)36(3,33)34)11-15-29(25)26(31)21-12-16-35-23(21)17-28-13-9-20(10-14-28)19-7-5-4-6-8-19;/h4-8,12,16,18,20,22,24-25H,9-11,13-15,17H2,1-3H3;1H/t22-,24+,25-;/m0./s1. The van der Waals surface area contributed by atoms with Gasteiger partial charge >= 0.3 is 0 Å². The summed E-state index contributed by atoms with van der Waals surface area (Å²) >= 11 is 0. The molecule has 10 heteroatoms. The van der Waals surface area contributed by atoms with E-state index in [1.807, 2.05) is 19.9 Å². The average Bonchev–Trinajstić information content (AvgIpc) is 3.53. The second-order valence-electron chi connectivity index (χ2n) is 10.7. The van der Waals surface area contributed by atoms with E-state index in [2.05, 4.69) is 29.2 Å². The Morgan fingerprint density at radius 1 is 1.05 bits per heavy atom. The van der Waals surface area contributed by atoms with Crippen LogP contribution < -0.4 is 0 Å². The van der Waals surface area contributed by atoms with Crippen LogP contribution in [0.15, 0.2) is 47.1 Å². The van der Waals surface area contributed by atoms with Crippen LogP contribution in [0.25, 0.3) is 0 Å². The highest BCUT2D eigenvalue weighted by Crippen LogP contribution is 2.42. The van der Waals surface area contributed by atoms with Crippen molar-refractivity contribution in [3.05, 3.63) is 59.5 Å². The maximum absolute atomic E-state index is 13.7. The number of rotatable bonds is 6. The number of benzene rings is 1. The minimum atomic E-state index is -3.71. The Balaban J connectivity index is 0.00000320. The number of sulfonamides is 1. The molecule has 3 saturated heterocycles. The van der Waals surface area contributed by atoms with Crippen molar-refractivity contribution in [3.8, 4) is 0 Å². The molecule has 8 nitrogen and oxygen atoms in total. The molecule has 37 heavy (non-hydrogen) atoms. The van der Waals surface area contributed by atoms with E-state index in [1.165, 1.54) is 5.56 Å². The van der Waals surface area contributed by atoms with Crippen LogP contribution in [-0.4, -0.2) is 72.3 Å². The maximum Gasteiger partial charge on any atom is 0.257 e. The number of carbonyl (C=O) groups is 2. The van der Waals surface area contributed by atoms with Crippen molar-refractivity contribution in [2.45, 2.75) is 57.7 Å². The summed E-state index contributed by atoms with van der Waals surface area (Å²) in [5.41, 5.74) is 1.89. The maximum atomic E-state index is 13.7. The van der Waals surface area contributed by atoms with Gasteiger partial charge in [0.1, 0.15) is 5.76 Å². The van der Waals surface area contributed by atoms with Crippen molar-refractivity contribution in [1.82, 2.24) is 14.1 Å². The van der Waals surface area contributed by atoms with Crippen LogP contribution in [0.5, 0.6) is 0 Å². The van der Waals surface area contributed by atoms with E-state index in [-0.39, 0.29) is 24.2 Å². The quantitative estimate of drug-likeness (QED) is 0.545. The summed E-state index contributed by atoms with van der Waals surface area (Å²) in [4.78, 5) is 30.9. The molecule has 0 N–H and O–H groups in total. The van der Waals surface area contributed by atoms with E-state index < -0.39 is 33.9 Å². The van der Waals surface area contributed by atoms with Gasteiger partial charge in [-0.25, -0.2) is 12.7 Å². The lowest BCUT2D eigenvalue weighted by atomic mass is 9.88. The molecule has 3 aliphatic heterocycles. The van der Waals surface area contributed by atoms with Crippen molar-refractivity contribution < 1.29 is 22.4 Å². The molecule has 3 atom stereocenters. The van der Waals surface area contributed by atoms with Crippen LogP contribution in [-0.2, 0) is 21.4 Å². The molecule has 0 unspecified atom stereocenters. The fourth-order valence-electron chi connectivity index (χ4n) is 6.43. The molecule has 1 aromatic carbocycles. The number of piperidine rings is 1. The summed E-state index contributed by atoms with van der Waals surface area (Å²) < 4.78 is 31.7. The average molecular weight is 550 g/mol. The zero-order chi connectivity index (χ0) is 25.6. The van der Waals surface area contributed by atoms with Gasteiger partial charge in [0.2, 0.25) is 15.9 Å². The van der Waals surface area contributed by atoms with E-state index in [4.69, 9.17) is 4.42 Å². The highest BCUT2D eigenvalue weighted by molar-refractivity contribution is 7.88. The molecule has 0 aliphatic carbocycles. The predicted octanol–water partition coefficient (Wildman–Crippen LogP) is 3.74. The number of amides is 2. The lowest BCUT2D eigenvalue weighted by Gasteiger charge is -2.32. The zero-order valence-electron chi connectivity index (χ0n) is 21.6. The van der Waals surface area contributed by atoms with E-state index in [9.17, 15) is 18.0 Å². The highest BCUT2D eigenvalue weighted by atomic mass is 35.5. The molecule has 2 aromatic rings. The molecule has 0 bridgehead atoms. The molecule has 0 saturated carbocycles. The Morgan fingerprint density at radius 2 is 1.73 bits per heavy atom. The van der Waals surface area contributed by atoms with Gasteiger partial charge in [0.25, 0.3) is 5.91 Å². The van der Waals surface area contributed by atoms with Gasteiger partial charge in [0.05, 0.1) is 42.6 Å². The normalized spacial score (nSPS) is 25.0. The van der Waals surface area contributed by atoms with Crippen molar-refractivity contribution in [3.63, 3.8) is 0 Å². The Kier molecular flexibility index (Phi) is 8.07. The number of carbonyl (C=O) groups excluding carboxylic acids is 2. The Bertz CT molecular complexity index is 1220. The fourth-order valence-corrected chi connectivity index (χ4v) is 7.60. The summed E-state index contributed by atoms with van der Waals surface area (Å²) in [6.07, 6.45) is 5.20. The topological polar surface area (TPSA) is 91.1 Å². The number of fused-ring (bicyclic) bond motifs is 1. The molecule has 1 aromatic heterocycles. The lowest BCUT2D eigenvalue weighted by molar-refractivity contribution is -0.129. The third kappa shape index (κ3) is 5.18. The Labute approximate surface area is 225 Å². The van der Waals surface area contributed by atoms with Gasteiger partial charge in [0, 0.05) is 6.54 Å². The SMILES string of the molecule is CC(C)[C@H]1C(=O)N(S(C)(=O)=O)[C@H]2CCN(C(=O)c3ccoc3CN3CCC(c4ccccc4)CC3)[C@H]12.Cl. The van der Waals surface area contributed by atoms with Crippen LogP contribution in [0, 0.1) is 11.8 Å². The first-order valence-electron chi connectivity index (χ1n) is 12.8. The molecule has 3 fully saturated rings. The minimum Gasteiger partial charge on any atom is -0.467 e. The van der Waals surface area contributed by atoms with Gasteiger partial charge in [-0.15, -0.1) is 12.4 Å². The van der Waals surface area contributed by atoms with Gasteiger partial charge in [-0.3, -0.25) is 14.5 Å². The van der Waals surface area contributed by atoms with E-state index in [0.29, 0.717) is 36.8 Å². The zero-order valence-corrected chi connectivity index (χ0v) is 23.2. The molecular formula is C27H36ClN3O5S. The minimum absolute atomic E-state index is 0. The number of hydrogen-bond donors (Lipinski definition) is 0. The lowest BCUT2D eigenvalue weighted by Crippen LogP contribution is -2.44. The molecule has 202 valence electrons. The number of hydrogen-bond acceptors (Lipinski definition) is 6. The monoisotopic (exact) mass is 549 g/mol. The summed E-state index contributed by atoms with van der Waals surface area (Å²) in [5.74, 6) is -0.0179. The second kappa shape index (κ2) is 10.8. The fraction of sp³-hybridized carbons (Fsp3) is 0.556. The van der Waals surface area contributed by atoms with Crippen LogP contribution in [0.3, 0.4) is 0 Å².